The molecule has 0 radical (unpaired) electrons. The molecule has 1 aromatic carbocycles. The first-order valence-electron chi connectivity index (χ1n) is 5.48. The van der Waals surface area contributed by atoms with E-state index in [4.69, 9.17) is 11.6 Å². The van der Waals surface area contributed by atoms with Crippen LogP contribution in [-0.4, -0.2) is 16.3 Å². The van der Waals surface area contributed by atoms with Crippen LogP contribution >= 0.6 is 11.6 Å². The Labute approximate surface area is 117 Å². The highest BCUT2D eigenvalue weighted by Gasteiger charge is 2.31. The summed E-state index contributed by atoms with van der Waals surface area (Å²) in [6.45, 7) is 0.256. The maximum Gasteiger partial charge on any atom is 0.573 e. The van der Waals surface area contributed by atoms with Gasteiger partial charge in [-0.05, 0) is 17.7 Å². The van der Waals surface area contributed by atoms with Gasteiger partial charge in [0, 0.05) is 6.54 Å². The molecule has 0 unspecified atom stereocenters. The number of hydrogen-bond acceptors (Lipinski definition) is 4. The number of benzene rings is 1. The van der Waals surface area contributed by atoms with Gasteiger partial charge in [0.15, 0.2) is 0 Å². The fraction of sp³-hybridized carbons (Fsp3) is 0.167. The van der Waals surface area contributed by atoms with Crippen molar-refractivity contribution in [2.75, 3.05) is 5.32 Å². The number of alkyl halides is 3. The Morgan fingerprint density at radius 2 is 2.10 bits per heavy atom. The van der Waals surface area contributed by atoms with E-state index in [0.717, 1.165) is 0 Å². The van der Waals surface area contributed by atoms with E-state index in [1.165, 1.54) is 30.7 Å². The van der Waals surface area contributed by atoms with Gasteiger partial charge in [0.05, 0.1) is 6.20 Å². The molecular formula is C12H9ClF3N3O. The van der Waals surface area contributed by atoms with Crippen LogP contribution in [0, 0.1) is 0 Å². The summed E-state index contributed by atoms with van der Waals surface area (Å²) in [7, 11) is 0. The molecule has 1 aromatic heterocycles. The van der Waals surface area contributed by atoms with Crippen LogP contribution in [0.5, 0.6) is 5.75 Å². The molecule has 106 valence electrons. The summed E-state index contributed by atoms with van der Waals surface area (Å²) in [6.07, 6.45) is -1.97. The first-order valence-corrected chi connectivity index (χ1v) is 5.86. The largest absolute Gasteiger partial charge is 0.573 e. The lowest BCUT2D eigenvalue weighted by atomic mass is 10.2. The highest BCUT2D eigenvalue weighted by atomic mass is 35.5. The van der Waals surface area contributed by atoms with Crippen molar-refractivity contribution in [3.8, 4) is 5.75 Å². The molecule has 2 rings (SSSR count). The fourth-order valence-corrected chi connectivity index (χ4v) is 1.65. The lowest BCUT2D eigenvalue weighted by molar-refractivity contribution is -0.274. The normalized spacial score (nSPS) is 11.2. The number of nitrogens with zero attached hydrogens (tertiary/aromatic N) is 2. The Morgan fingerprint density at radius 1 is 1.30 bits per heavy atom. The topological polar surface area (TPSA) is 47.0 Å². The molecule has 0 saturated carbocycles. The zero-order chi connectivity index (χ0) is 14.6. The van der Waals surface area contributed by atoms with Crippen molar-refractivity contribution in [1.82, 2.24) is 9.97 Å². The van der Waals surface area contributed by atoms with Crippen LogP contribution in [0.2, 0.25) is 5.02 Å². The van der Waals surface area contributed by atoms with Gasteiger partial charge >= 0.3 is 6.36 Å². The molecule has 1 N–H and O–H groups in total. The number of hydrogen-bond donors (Lipinski definition) is 1. The van der Waals surface area contributed by atoms with Crippen molar-refractivity contribution in [3.63, 3.8) is 0 Å². The van der Waals surface area contributed by atoms with Crippen molar-refractivity contribution in [3.05, 3.63) is 47.4 Å². The van der Waals surface area contributed by atoms with Gasteiger partial charge < -0.3 is 10.1 Å². The minimum Gasteiger partial charge on any atom is -0.406 e. The van der Waals surface area contributed by atoms with Gasteiger partial charge in [-0.1, -0.05) is 23.7 Å². The van der Waals surface area contributed by atoms with E-state index in [2.05, 4.69) is 20.0 Å². The Balaban J connectivity index is 2.03. The molecule has 0 amide bonds. The van der Waals surface area contributed by atoms with Crippen LogP contribution < -0.4 is 10.1 Å². The third-order valence-corrected chi connectivity index (χ3v) is 2.54. The summed E-state index contributed by atoms with van der Waals surface area (Å²) < 4.78 is 40.2. The van der Waals surface area contributed by atoms with E-state index in [-0.39, 0.29) is 12.3 Å². The molecule has 1 heterocycles. The summed E-state index contributed by atoms with van der Waals surface area (Å²) in [5, 5.41) is 3.23. The quantitative estimate of drug-likeness (QED) is 0.936. The van der Waals surface area contributed by atoms with E-state index in [1.54, 1.807) is 6.07 Å². The third kappa shape index (κ3) is 4.27. The minimum absolute atomic E-state index is 0.256. The highest BCUT2D eigenvalue weighted by molar-refractivity contribution is 6.32. The monoisotopic (exact) mass is 303 g/mol. The van der Waals surface area contributed by atoms with Crippen LogP contribution in [0.25, 0.3) is 0 Å². The van der Waals surface area contributed by atoms with Gasteiger partial charge in [0.25, 0.3) is 0 Å². The van der Waals surface area contributed by atoms with Gasteiger partial charge in [-0.15, -0.1) is 13.2 Å². The molecule has 0 aliphatic heterocycles. The standard InChI is InChI=1S/C12H9ClF3N3O/c13-10-6-17-7-19-11(10)18-5-8-2-1-3-9(4-8)20-12(14,15)16/h1-4,6-7H,5H2,(H,17,18,19). The first kappa shape index (κ1) is 14.4. The molecule has 0 spiro atoms. The SMILES string of the molecule is FC(F)(F)Oc1cccc(CNc2ncncc2Cl)c1. The fourth-order valence-electron chi connectivity index (χ4n) is 1.48. The van der Waals surface area contributed by atoms with Crippen molar-refractivity contribution in [1.29, 1.82) is 0 Å². The van der Waals surface area contributed by atoms with Crippen molar-refractivity contribution >= 4 is 17.4 Å². The summed E-state index contributed by atoms with van der Waals surface area (Å²) in [5.74, 6) is 0.134. The molecule has 0 aliphatic rings. The molecule has 0 saturated heterocycles. The second-order valence-corrected chi connectivity index (χ2v) is 4.18. The molecule has 0 aliphatic carbocycles. The predicted molar refractivity (Wildman–Crippen MR) is 67.5 cm³/mol. The van der Waals surface area contributed by atoms with Crippen LogP contribution in [0.4, 0.5) is 19.0 Å². The van der Waals surface area contributed by atoms with Crippen LogP contribution in [0.3, 0.4) is 0 Å². The van der Waals surface area contributed by atoms with Crippen molar-refractivity contribution in [2.24, 2.45) is 0 Å². The summed E-state index contributed by atoms with van der Waals surface area (Å²) in [6, 6.07) is 5.65. The average Bonchev–Trinajstić information content (AvgIpc) is 2.36. The Morgan fingerprint density at radius 3 is 2.80 bits per heavy atom. The smallest absolute Gasteiger partial charge is 0.406 e. The zero-order valence-electron chi connectivity index (χ0n) is 9.99. The summed E-state index contributed by atoms with van der Waals surface area (Å²) in [5.41, 5.74) is 0.599. The van der Waals surface area contributed by atoms with E-state index < -0.39 is 6.36 Å². The number of halogens is 4. The maximum atomic E-state index is 12.1. The molecule has 8 heteroatoms. The number of aromatic nitrogens is 2. The van der Waals surface area contributed by atoms with Crippen molar-refractivity contribution < 1.29 is 17.9 Å². The lowest BCUT2D eigenvalue weighted by Gasteiger charge is -2.11. The minimum atomic E-state index is -4.71. The van der Waals surface area contributed by atoms with Gasteiger partial charge in [-0.3, -0.25) is 0 Å². The Bertz CT molecular complexity index is 592. The number of nitrogens with one attached hydrogen (secondary N) is 1. The molecule has 2 aromatic rings. The third-order valence-electron chi connectivity index (χ3n) is 2.26. The van der Waals surface area contributed by atoms with E-state index in [1.807, 2.05) is 0 Å². The number of anilines is 1. The predicted octanol–water partition coefficient (Wildman–Crippen LogP) is 3.64. The van der Waals surface area contributed by atoms with E-state index in [9.17, 15) is 13.2 Å². The lowest BCUT2D eigenvalue weighted by Crippen LogP contribution is -2.17. The summed E-state index contributed by atoms with van der Waals surface area (Å²) >= 11 is 5.85. The van der Waals surface area contributed by atoms with E-state index >= 15 is 0 Å². The number of ether oxygens (including phenoxy) is 1. The average molecular weight is 304 g/mol. The Kier molecular flexibility index (Phi) is 4.29. The second kappa shape index (κ2) is 5.96. The molecule has 0 bridgehead atoms. The van der Waals surface area contributed by atoms with Gasteiger partial charge in [-0.2, -0.15) is 0 Å². The first-order chi connectivity index (χ1) is 9.44. The van der Waals surface area contributed by atoms with Crippen molar-refractivity contribution in [2.45, 2.75) is 12.9 Å². The van der Waals surface area contributed by atoms with Gasteiger partial charge in [-0.25, -0.2) is 9.97 Å². The molecule has 4 nitrogen and oxygen atoms in total. The Hall–Kier alpha value is -2.02. The summed E-state index contributed by atoms with van der Waals surface area (Å²) in [4.78, 5) is 7.64. The van der Waals surface area contributed by atoms with Crippen LogP contribution in [0.1, 0.15) is 5.56 Å². The van der Waals surface area contributed by atoms with Gasteiger partial charge in [0.2, 0.25) is 0 Å². The highest BCUT2D eigenvalue weighted by Crippen LogP contribution is 2.24. The van der Waals surface area contributed by atoms with E-state index in [0.29, 0.717) is 16.4 Å². The van der Waals surface area contributed by atoms with Gasteiger partial charge in [0.1, 0.15) is 22.9 Å². The maximum absolute atomic E-state index is 12.1. The number of rotatable bonds is 4. The van der Waals surface area contributed by atoms with Crippen LogP contribution in [0.15, 0.2) is 36.8 Å². The molecule has 0 atom stereocenters. The van der Waals surface area contributed by atoms with Crippen LogP contribution in [-0.2, 0) is 6.54 Å². The molecule has 20 heavy (non-hydrogen) atoms. The molecular weight excluding hydrogens is 295 g/mol. The second-order valence-electron chi connectivity index (χ2n) is 3.77. The molecule has 0 fully saturated rings. The zero-order valence-corrected chi connectivity index (χ0v) is 10.7.